The standard InChI is InChI=1S/C8H11N5/c9-3-6-7(10)12-13-8(6)11-4-5-1-2-5/h5H,1-2,4H2,(H4,10,11,12,13). The van der Waals surface area contributed by atoms with Gasteiger partial charge >= 0.3 is 0 Å². The van der Waals surface area contributed by atoms with E-state index in [1.807, 2.05) is 6.07 Å². The minimum atomic E-state index is 0.334. The van der Waals surface area contributed by atoms with Crippen molar-refractivity contribution in [3.05, 3.63) is 5.56 Å². The van der Waals surface area contributed by atoms with E-state index < -0.39 is 0 Å². The molecule has 5 nitrogen and oxygen atoms in total. The molecule has 1 aromatic heterocycles. The number of nitrogen functional groups attached to an aromatic ring is 1. The molecule has 0 spiro atoms. The van der Waals surface area contributed by atoms with Crippen LogP contribution in [0.1, 0.15) is 18.4 Å². The third-order valence-corrected chi connectivity index (χ3v) is 2.16. The van der Waals surface area contributed by atoms with Crippen molar-refractivity contribution in [2.75, 3.05) is 17.6 Å². The highest BCUT2D eigenvalue weighted by Crippen LogP contribution is 2.29. The number of nitrogens with zero attached hydrogens (tertiary/aromatic N) is 2. The Hall–Kier alpha value is -1.70. The Morgan fingerprint density at radius 3 is 3.08 bits per heavy atom. The van der Waals surface area contributed by atoms with Crippen LogP contribution in [0.2, 0.25) is 0 Å². The average molecular weight is 177 g/mol. The molecule has 1 aromatic rings. The number of nitriles is 1. The van der Waals surface area contributed by atoms with Crippen LogP contribution in [0.3, 0.4) is 0 Å². The van der Waals surface area contributed by atoms with E-state index in [1.165, 1.54) is 12.8 Å². The number of aromatic nitrogens is 2. The number of aromatic amines is 1. The Bertz CT molecular complexity index is 344. The van der Waals surface area contributed by atoms with E-state index in [-0.39, 0.29) is 0 Å². The molecule has 5 heteroatoms. The molecule has 2 rings (SSSR count). The van der Waals surface area contributed by atoms with Crippen LogP contribution in [-0.4, -0.2) is 16.7 Å². The summed E-state index contributed by atoms with van der Waals surface area (Å²) in [6.07, 6.45) is 2.55. The van der Waals surface area contributed by atoms with Gasteiger partial charge in [0.05, 0.1) is 0 Å². The van der Waals surface area contributed by atoms with Gasteiger partial charge in [-0.25, -0.2) is 0 Å². The number of rotatable bonds is 3. The minimum Gasteiger partial charge on any atom is -0.383 e. The summed E-state index contributed by atoms with van der Waals surface area (Å²) >= 11 is 0. The average Bonchev–Trinajstić information content (AvgIpc) is 2.88. The summed E-state index contributed by atoms with van der Waals surface area (Å²) in [5.41, 5.74) is 5.91. The Morgan fingerprint density at radius 1 is 1.69 bits per heavy atom. The first kappa shape index (κ1) is 7.92. The summed E-state index contributed by atoms with van der Waals surface area (Å²) in [4.78, 5) is 0. The van der Waals surface area contributed by atoms with Gasteiger partial charge in [-0.15, -0.1) is 0 Å². The SMILES string of the molecule is N#Cc1c(NCC2CC2)n[nH]c1N. The molecule has 0 saturated heterocycles. The lowest BCUT2D eigenvalue weighted by Gasteiger charge is -1.99. The van der Waals surface area contributed by atoms with Crippen molar-refractivity contribution in [3.8, 4) is 6.07 Å². The maximum absolute atomic E-state index is 8.74. The molecule has 13 heavy (non-hydrogen) atoms. The van der Waals surface area contributed by atoms with Gasteiger partial charge in [-0.1, -0.05) is 0 Å². The lowest BCUT2D eigenvalue weighted by atomic mass is 10.3. The molecule has 0 radical (unpaired) electrons. The van der Waals surface area contributed by atoms with Gasteiger partial charge in [-0.05, 0) is 18.8 Å². The number of nitrogens with one attached hydrogen (secondary N) is 2. The fraction of sp³-hybridized carbons (Fsp3) is 0.500. The summed E-state index contributed by atoms with van der Waals surface area (Å²) in [7, 11) is 0. The van der Waals surface area contributed by atoms with Crippen LogP contribution in [-0.2, 0) is 0 Å². The summed E-state index contributed by atoms with van der Waals surface area (Å²) in [5.74, 6) is 1.66. The fourth-order valence-corrected chi connectivity index (χ4v) is 1.16. The molecule has 0 aliphatic heterocycles. The van der Waals surface area contributed by atoms with E-state index in [2.05, 4.69) is 15.5 Å². The zero-order valence-corrected chi connectivity index (χ0v) is 7.17. The normalized spacial score (nSPS) is 15.3. The molecule has 0 aromatic carbocycles. The number of H-pyrrole nitrogens is 1. The summed E-state index contributed by atoms with van der Waals surface area (Å²) in [6.45, 7) is 0.888. The molecule has 0 unspecified atom stereocenters. The molecule has 0 atom stereocenters. The van der Waals surface area contributed by atoms with Crippen LogP contribution in [0.5, 0.6) is 0 Å². The Labute approximate surface area is 75.9 Å². The second-order valence-electron chi connectivity index (χ2n) is 3.30. The van der Waals surface area contributed by atoms with Gasteiger partial charge < -0.3 is 11.1 Å². The van der Waals surface area contributed by atoms with Gasteiger partial charge in [0, 0.05) is 6.54 Å². The van der Waals surface area contributed by atoms with E-state index in [0.29, 0.717) is 17.2 Å². The first-order valence-corrected chi connectivity index (χ1v) is 4.29. The largest absolute Gasteiger partial charge is 0.383 e. The minimum absolute atomic E-state index is 0.334. The van der Waals surface area contributed by atoms with Crippen LogP contribution in [0.15, 0.2) is 0 Å². The topological polar surface area (TPSA) is 90.5 Å². The summed E-state index contributed by atoms with van der Waals surface area (Å²) < 4.78 is 0. The molecule has 0 amide bonds. The molecule has 1 fully saturated rings. The van der Waals surface area contributed by atoms with Crippen molar-refractivity contribution >= 4 is 11.6 Å². The predicted molar refractivity (Wildman–Crippen MR) is 48.9 cm³/mol. The molecule has 0 bridgehead atoms. The quantitative estimate of drug-likeness (QED) is 0.633. The number of nitrogens with two attached hydrogens (primary N) is 1. The Morgan fingerprint density at radius 2 is 2.46 bits per heavy atom. The van der Waals surface area contributed by atoms with Crippen LogP contribution >= 0.6 is 0 Å². The zero-order valence-electron chi connectivity index (χ0n) is 7.17. The van der Waals surface area contributed by atoms with E-state index in [0.717, 1.165) is 12.5 Å². The second-order valence-corrected chi connectivity index (χ2v) is 3.30. The van der Waals surface area contributed by atoms with E-state index in [9.17, 15) is 0 Å². The van der Waals surface area contributed by atoms with Gasteiger partial charge in [0.15, 0.2) is 5.82 Å². The molecular weight excluding hydrogens is 166 g/mol. The smallest absolute Gasteiger partial charge is 0.168 e. The highest BCUT2D eigenvalue weighted by molar-refractivity contribution is 5.62. The number of hydrogen-bond acceptors (Lipinski definition) is 4. The van der Waals surface area contributed by atoms with Crippen molar-refractivity contribution < 1.29 is 0 Å². The summed E-state index contributed by atoms with van der Waals surface area (Å²) in [5, 5.41) is 18.3. The van der Waals surface area contributed by atoms with Crippen LogP contribution < -0.4 is 11.1 Å². The molecule has 1 aliphatic rings. The first-order valence-electron chi connectivity index (χ1n) is 4.29. The zero-order chi connectivity index (χ0) is 9.26. The van der Waals surface area contributed by atoms with E-state index >= 15 is 0 Å². The second kappa shape index (κ2) is 2.98. The highest BCUT2D eigenvalue weighted by atomic mass is 15.2. The maximum Gasteiger partial charge on any atom is 0.168 e. The van der Waals surface area contributed by atoms with Gasteiger partial charge in [-0.3, -0.25) is 5.10 Å². The first-order chi connectivity index (χ1) is 6.31. The number of anilines is 2. The predicted octanol–water partition coefficient (Wildman–Crippen LogP) is 0.685. The van der Waals surface area contributed by atoms with Crippen LogP contribution in [0, 0.1) is 17.2 Å². The molecule has 1 aliphatic carbocycles. The van der Waals surface area contributed by atoms with Gasteiger partial charge in [-0.2, -0.15) is 10.4 Å². The lowest BCUT2D eigenvalue weighted by molar-refractivity contribution is 0.879. The van der Waals surface area contributed by atoms with E-state index in [1.54, 1.807) is 0 Å². The van der Waals surface area contributed by atoms with Crippen molar-refractivity contribution in [2.24, 2.45) is 5.92 Å². The third kappa shape index (κ3) is 1.56. The summed E-state index contributed by atoms with van der Waals surface area (Å²) in [6, 6.07) is 2.01. The Balaban J connectivity index is 2.05. The van der Waals surface area contributed by atoms with E-state index in [4.69, 9.17) is 11.0 Å². The highest BCUT2D eigenvalue weighted by Gasteiger charge is 2.21. The van der Waals surface area contributed by atoms with Gasteiger partial charge in [0.25, 0.3) is 0 Å². The van der Waals surface area contributed by atoms with Crippen molar-refractivity contribution in [1.82, 2.24) is 10.2 Å². The number of hydrogen-bond donors (Lipinski definition) is 3. The third-order valence-electron chi connectivity index (χ3n) is 2.16. The molecular formula is C8H11N5. The van der Waals surface area contributed by atoms with Gasteiger partial charge in [0.1, 0.15) is 17.5 Å². The van der Waals surface area contributed by atoms with Crippen molar-refractivity contribution in [3.63, 3.8) is 0 Å². The maximum atomic E-state index is 8.74. The van der Waals surface area contributed by atoms with Crippen molar-refractivity contribution in [1.29, 1.82) is 5.26 Å². The molecule has 68 valence electrons. The van der Waals surface area contributed by atoms with Gasteiger partial charge in [0.2, 0.25) is 0 Å². The van der Waals surface area contributed by atoms with Crippen LogP contribution in [0.25, 0.3) is 0 Å². The molecule has 1 saturated carbocycles. The van der Waals surface area contributed by atoms with Crippen molar-refractivity contribution in [2.45, 2.75) is 12.8 Å². The van der Waals surface area contributed by atoms with Crippen LogP contribution in [0.4, 0.5) is 11.6 Å². The fourth-order valence-electron chi connectivity index (χ4n) is 1.16. The lowest BCUT2D eigenvalue weighted by Crippen LogP contribution is -2.04. The molecule has 4 N–H and O–H groups in total. The Kier molecular flexibility index (Phi) is 1.81. The molecule has 1 heterocycles. The monoisotopic (exact) mass is 177 g/mol.